The summed E-state index contributed by atoms with van der Waals surface area (Å²) in [4.78, 5) is 17.2. The molecule has 4 rings (SSSR count). The Labute approximate surface area is 186 Å². The third-order valence-corrected chi connectivity index (χ3v) is 6.10. The summed E-state index contributed by atoms with van der Waals surface area (Å²) in [5.74, 6) is 0.221. The Morgan fingerprint density at radius 2 is 1.72 bits per heavy atom. The number of para-hydroxylation sites is 1. The number of hydrogen-bond acceptors (Lipinski definition) is 5. The van der Waals surface area contributed by atoms with E-state index in [0.717, 1.165) is 5.39 Å². The van der Waals surface area contributed by atoms with Gasteiger partial charge >= 0.3 is 0 Å². The maximum atomic E-state index is 12.8. The molecule has 1 heterocycles. The summed E-state index contributed by atoms with van der Waals surface area (Å²) in [7, 11) is -3.82. The van der Waals surface area contributed by atoms with Crippen LogP contribution in [-0.2, 0) is 10.0 Å². The van der Waals surface area contributed by atoms with Crippen LogP contribution in [0.4, 0.5) is 11.4 Å². The first kappa shape index (κ1) is 21.3. The zero-order chi connectivity index (χ0) is 22.6. The number of aromatic nitrogens is 1. The number of ether oxygens (including phenoxy) is 1. The number of benzene rings is 3. The summed E-state index contributed by atoms with van der Waals surface area (Å²) in [6, 6.07) is 21.7. The van der Waals surface area contributed by atoms with Gasteiger partial charge in [-0.25, -0.2) is 8.42 Å². The van der Waals surface area contributed by atoms with Gasteiger partial charge in [-0.1, -0.05) is 24.3 Å². The van der Waals surface area contributed by atoms with Crippen molar-refractivity contribution in [3.63, 3.8) is 0 Å². The molecule has 1 aromatic heterocycles. The smallest absolute Gasteiger partial charge is 0.261 e. The van der Waals surface area contributed by atoms with E-state index in [1.807, 2.05) is 31.2 Å². The first-order chi connectivity index (χ1) is 15.5. The van der Waals surface area contributed by atoms with Crippen LogP contribution in [0.15, 0.2) is 90.0 Å². The number of hydrogen-bond donors (Lipinski definition) is 2. The summed E-state index contributed by atoms with van der Waals surface area (Å²) < 4.78 is 33.3. The van der Waals surface area contributed by atoms with Gasteiger partial charge in [0.15, 0.2) is 0 Å². The second-order valence-corrected chi connectivity index (χ2v) is 8.61. The van der Waals surface area contributed by atoms with Crippen LogP contribution in [0.3, 0.4) is 0 Å². The minimum Gasteiger partial charge on any atom is -0.494 e. The Morgan fingerprint density at radius 3 is 2.50 bits per heavy atom. The second-order valence-electron chi connectivity index (χ2n) is 6.93. The number of amides is 1. The molecule has 0 atom stereocenters. The Hall–Kier alpha value is -3.91. The molecule has 0 spiro atoms. The lowest BCUT2D eigenvalue weighted by atomic mass is 10.1. The molecule has 3 aromatic carbocycles. The van der Waals surface area contributed by atoms with Crippen LogP contribution in [0, 0.1) is 0 Å². The van der Waals surface area contributed by atoms with Crippen molar-refractivity contribution in [2.45, 2.75) is 11.8 Å². The van der Waals surface area contributed by atoms with Gasteiger partial charge in [-0.05, 0) is 61.5 Å². The molecule has 0 bridgehead atoms. The third kappa shape index (κ3) is 4.70. The number of nitrogens with zero attached hydrogens (tertiary/aromatic N) is 1. The van der Waals surface area contributed by atoms with Crippen molar-refractivity contribution in [3.05, 3.63) is 90.6 Å². The van der Waals surface area contributed by atoms with Crippen LogP contribution >= 0.6 is 0 Å². The average molecular weight is 448 g/mol. The van der Waals surface area contributed by atoms with Crippen molar-refractivity contribution >= 4 is 38.2 Å². The molecule has 32 heavy (non-hydrogen) atoms. The molecule has 7 nitrogen and oxygen atoms in total. The van der Waals surface area contributed by atoms with Crippen molar-refractivity contribution in [2.75, 3.05) is 16.6 Å². The number of pyridine rings is 1. The fourth-order valence-corrected chi connectivity index (χ4v) is 4.27. The summed E-state index contributed by atoms with van der Waals surface area (Å²) >= 11 is 0. The fourth-order valence-electron chi connectivity index (χ4n) is 3.22. The van der Waals surface area contributed by atoms with Crippen LogP contribution in [0.1, 0.15) is 17.3 Å². The van der Waals surface area contributed by atoms with Crippen molar-refractivity contribution in [1.29, 1.82) is 0 Å². The predicted octanol–water partition coefficient (Wildman–Crippen LogP) is 4.69. The van der Waals surface area contributed by atoms with Gasteiger partial charge in [-0.3, -0.25) is 14.5 Å². The van der Waals surface area contributed by atoms with E-state index in [-0.39, 0.29) is 16.5 Å². The molecule has 8 heteroatoms. The van der Waals surface area contributed by atoms with Crippen LogP contribution in [0.25, 0.3) is 10.9 Å². The first-order valence-electron chi connectivity index (χ1n) is 9.97. The maximum Gasteiger partial charge on any atom is 0.261 e. The largest absolute Gasteiger partial charge is 0.494 e. The van der Waals surface area contributed by atoms with E-state index in [1.165, 1.54) is 18.2 Å². The maximum absolute atomic E-state index is 12.8. The zero-order valence-electron chi connectivity index (χ0n) is 17.3. The lowest BCUT2D eigenvalue weighted by Gasteiger charge is -2.11. The van der Waals surface area contributed by atoms with E-state index in [0.29, 0.717) is 29.1 Å². The van der Waals surface area contributed by atoms with Crippen molar-refractivity contribution < 1.29 is 17.9 Å². The van der Waals surface area contributed by atoms with Gasteiger partial charge in [0.25, 0.3) is 15.9 Å². The lowest BCUT2D eigenvalue weighted by molar-refractivity contribution is 0.102. The summed E-state index contributed by atoms with van der Waals surface area (Å²) in [6.07, 6.45) is 1.66. The molecule has 0 radical (unpaired) electrons. The third-order valence-electron chi connectivity index (χ3n) is 4.70. The normalized spacial score (nSPS) is 11.2. The number of carbonyl (C=O) groups is 1. The van der Waals surface area contributed by atoms with Crippen molar-refractivity contribution in [3.8, 4) is 5.75 Å². The second kappa shape index (κ2) is 9.07. The van der Waals surface area contributed by atoms with Crippen LogP contribution < -0.4 is 14.8 Å². The predicted molar refractivity (Wildman–Crippen MR) is 125 cm³/mol. The number of nitrogens with one attached hydrogen (secondary N) is 2. The highest BCUT2D eigenvalue weighted by atomic mass is 32.2. The molecule has 0 fully saturated rings. The molecule has 0 unspecified atom stereocenters. The topological polar surface area (TPSA) is 97.4 Å². The van der Waals surface area contributed by atoms with E-state index < -0.39 is 10.0 Å². The molecule has 0 aliphatic carbocycles. The fraction of sp³-hybridized carbons (Fsp3) is 0.0833. The molecular formula is C24H21N3O4S. The molecule has 162 valence electrons. The molecule has 1 amide bonds. The Bertz CT molecular complexity index is 1360. The molecule has 2 N–H and O–H groups in total. The zero-order valence-corrected chi connectivity index (χ0v) is 18.1. The minimum absolute atomic E-state index is 0.0950. The van der Waals surface area contributed by atoms with E-state index in [9.17, 15) is 13.2 Å². The van der Waals surface area contributed by atoms with E-state index in [2.05, 4.69) is 15.0 Å². The summed E-state index contributed by atoms with van der Waals surface area (Å²) in [6.45, 7) is 2.35. The van der Waals surface area contributed by atoms with Crippen molar-refractivity contribution in [2.24, 2.45) is 0 Å². The summed E-state index contributed by atoms with van der Waals surface area (Å²) in [5, 5.41) is 3.75. The van der Waals surface area contributed by atoms with Crippen molar-refractivity contribution in [1.82, 2.24) is 4.98 Å². The summed E-state index contributed by atoms with van der Waals surface area (Å²) in [5.41, 5.74) is 1.84. The van der Waals surface area contributed by atoms with Gasteiger partial charge < -0.3 is 10.1 Å². The van der Waals surface area contributed by atoms with Gasteiger partial charge in [0, 0.05) is 22.8 Å². The molecule has 4 aromatic rings. The SMILES string of the molecule is CCOc1ccc(S(=O)(=O)Nc2cccc(C(=O)Nc3cccc4cccnc34)c2)cc1. The van der Waals surface area contributed by atoms with Gasteiger partial charge in [0.05, 0.1) is 22.7 Å². The Kier molecular flexibility index (Phi) is 6.04. The molecule has 0 aliphatic heterocycles. The lowest BCUT2D eigenvalue weighted by Crippen LogP contribution is -2.15. The van der Waals surface area contributed by atoms with E-state index in [4.69, 9.17) is 4.74 Å². The highest BCUT2D eigenvalue weighted by Gasteiger charge is 2.16. The molecule has 0 saturated carbocycles. The van der Waals surface area contributed by atoms with Crippen LogP contribution in [0.5, 0.6) is 5.75 Å². The number of carbonyl (C=O) groups excluding carboxylic acids is 1. The van der Waals surface area contributed by atoms with Gasteiger partial charge in [0.1, 0.15) is 5.75 Å². The average Bonchev–Trinajstić information content (AvgIpc) is 2.80. The number of sulfonamides is 1. The minimum atomic E-state index is -3.82. The highest BCUT2D eigenvalue weighted by Crippen LogP contribution is 2.23. The quantitative estimate of drug-likeness (QED) is 0.428. The van der Waals surface area contributed by atoms with Crippen LogP contribution in [-0.4, -0.2) is 25.9 Å². The monoisotopic (exact) mass is 447 g/mol. The Balaban J connectivity index is 1.53. The highest BCUT2D eigenvalue weighted by molar-refractivity contribution is 7.92. The van der Waals surface area contributed by atoms with E-state index >= 15 is 0 Å². The number of fused-ring (bicyclic) bond motifs is 1. The van der Waals surface area contributed by atoms with Crippen LogP contribution in [0.2, 0.25) is 0 Å². The first-order valence-corrected chi connectivity index (χ1v) is 11.5. The van der Waals surface area contributed by atoms with Gasteiger partial charge in [0.2, 0.25) is 0 Å². The molecule has 0 saturated heterocycles. The number of anilines is 2. The number of rotatable bonds is 7. The van der Waals surface area contributed by atoms with Gasteiger partial charge in [-0.2, -0.15) is 0 Å². The van der Waals surface area contributed by atoms with Gasteiger partial charge in [-0.15, -0.1) is 0 Å². The molecule has 0 aliphatic rings. The van der Waals surface area contributed by atoms with E-state index in [1.54, 1.807) is 42.6 Å². The Morgan fingerprint density at radius 1 is 0.969 bits per heavy atom. The standard InChI is InChI=1S/C24H21N3O4S/c1-2-31-20-11-13-21(14-12-20)32(29,30)27-19-9-3-7-18(16-19)24(28)26-22-10-4-6-17-8-5-15-25-23(17)22/h3-16,27H,2H2,1H3,(H,26,28). The molecular weight excluding hydrogens is 426 g/mol.